The Morgan fingerprint density at radius 2 is 1.81 bits per heavy atom. The van der Waals surface area contributed by atoms with Crippen molar-refractivity contribution in [2.24, 2.45) is 23.7 Å². The van der Waals surface area contributed by atoms with Crippen molar-refractivity contribution < 1.29 is 4.39 Å². The summed E-state index contributed by atoms with van der Waals surface area (Å²) in [6.45, 7) is 12.8. The highest BCUT2D eigenvalue weighted by Gasteiger charge is 2.54. The third-order valence-electron chi connectivity index (χ3n) is 6.32. The van der Waals surface area contributed by atoms with Gasteiger partial charge in [-0.05, 0) is 82.6 Å². The Balaban J connectivity index is 2.20. The summed E-state index contributed by atoms with van der Waals surface area (Å²) in [5.41, 5.74) is 0.342. The van der Waals surface area contributed by atoms with Crippen molar-refractivity contribution in [1.82, 2.24) is 4.90 Å². The number of nitrogens with zero attached hydrogens (tertiary/aromatic N) is 1. The van der Waals surface area contributed by atoms with E-state index < -0.39 is 0 Å². The van der Waals surface area contributed by atoms with E-state index in [1.54, 1.807) is 0 Å². The zero-order chi connectivity index (χ0) is 15.6. The average Bonchev–Trinajstić information content (AvgIpc) is 2.35. The number of rotatable bonds is 6. The van der Waals surface area contributed by atoms with Crippen LogP contribution in [0.3, 0.4) is 0 Å². The Bertz CT molecular complexity index is 322. The molecule has 0 aromatic heterocycles. The van der Waals surface area contributed by atoms with E-state index >= 15 is 0 Å². The molecule has 0 aromatic carbocycles. The van der Waals surface area contributed by atoms with Crippen LogP contribution in [0.1, 0.15) is 73.1 Å². The van der Waals surface area contributed by atoms with Crippen LogP contribution in [0.25, 0.3) is 0 Å². The topological polar surface area (TPSA) is 3.24 Å². The first-order valence-corrected chi connectivity index (χ1v) is 9.25. The molecule has 3 atom stereocenters. The first-order chi connectivity index (χ1) is 9.92. The molecule has 0 aromatic rings. The summed E-state index contributed by atoms with van der Waals surface area (Å²) in [6, 6.07) is 0.605. The van der Waals surface area contributed by atoms with Gasteiger partial charge in [0, 0.05) is 11.6 Å². The van der Waals surface area contributed by atoms with E-state index in [0.29, 0.717) is 17.5 Å². The van der Waals surface area contributed by atoms with Crippen LogP contribution in [0, 0.1) is 23.7 Å². The molecule has 2 heteroatoms. The molecule has 124 valence electrons. The van der Waals surface area contributed by atoms with Gasteiger partial charge in [0.2, 0.25) is 0 Å². The molecule has 0 radical (unpaired) electrons. The molecule has 21 heavy (non-hydrogen) atoms. The average molecular weight is 298 g/mol. The molecule has 2 rings (SSSR count). The van der Waals surface area contributed by atoms with Crippen molar-refractivity contribution in [3.63, 3.8) is 0 Å². The molecule has 3 unspecified atom stereocenters. The highest BCUT2D eigenvalue weighted by atomic mass is 19.1. The Hall–Kier alpha value is -0.110. The van der Waals surface area contributed by atoms with Gasteiger partial charge in [-0.1, -0.05) is 20.8 Å². The third kappa shape index (κ3) is 3.30. The molecule has 1 aliphatic heterocycles. The lowest BCUT2D eigenvalue weighted by molar-refractivity contribution is -0.120. The summed E-state index contributed by atoms with van der Waals surface area (Å²) in [7, 11) is 0. The van der Waals surface area contributed by atoms with Crippen LogP contribution in [-0.4, -0.2) is 29.7 Å². The zero-order valence-corrected chi connectivity index (χ0v) is 14.9. The van der Waals surface area contributed by atoms with Gasteiger partial charge in [-0.3, -0.25) is 9.29 Å². The van der Waals surface area contributed by atoms with Crippen LogP contribution in [0.5, 0.6) is 0 Å². The van der Waals surface area contributed by atoms with Crippen molar-refractivity contribution in [2.45, 2.75) is 84.7 Å². The Morgan fingerprint density at radius 1 is 1.14 bits per heavy atom. The minimum absolute atomic E-state index is 0.136. The standard InChI is InChI=1S/C19H36FN/c1-14(2)13-16(5)17-8-12-21(15(3)4)19(9-6-10-19)18(17)7-11-20/h14-18H,6-13H2,1-5H3. The van der Waals surface area contributed by atoms with Crippen LogP contribution in [-0.2, 0) is 0 Å². The normalized spacial score (nSPS) is 30.9. The van der Waals surface area contributed by atoms with Crippen molar-refractivity contribution in [3.05, 3.63) is 0 Å². The van der Waals surface area contributed by atoms with Crippen LogP contribution >= 0.6 is 0 Å². The van der Waals surface area contributed by atoms with Crippen LogP contribution in [0.15, 0.2) is 0 Å². The molecular formula is C19H36FN. The molecule has 0 bridgehead atoms. The predicted molar refractivity (Wildman–Crippen MR) is 89.2 cm³/mol. The Morgan fingerprint density at radius 3 is 2.24 bits per heavy atom. The second kappa shape index (κ2) is 6.98. The van der Waals surface area contributed by atoms with E-state index in [1.807, 2.05) is 0 Å². The first-order valence-electron chi connectivity index (χ1n) is 9.25. The van der Waals surface area contributed by atoms with Gasteiger partial charge in [-0.25, -0.2) is 0 Å². The van der Waals surface area contributed by atoms with Gasteiger partial charge in [-0.2, -0.15) is 0 Å². The highest BCUT2D eigenvalue weighted by Crippen LogP contribution is 2.54. The molecule has 1 aliphatic carbocycles. The number of likely N-dealkylation sites (tertiary alicyclic amines) is 1. The van der Waals surface area contributed by atoms with Crippen molar-refractivity contribution in [3.8, 4) is 0 Å². The van der Waals surface area contributed by atoms with E-state index in [2.05, 4.69) is 39.5 Å². The fourth-order valence-corrected chi connectivity index (χ4v) is 5.49. The number of alkyl halides is 1. The molecule has 1 heterocycles. The van der Waals surface area contributed by atoms with Gasteiger partial charge in [-0.15, -0.1) is 0 Å². The lowest BCUT2D eigenvalue weighted by Crippen LogP contribution is -2.66. The quantitative estimate of drug-likeness (QED) is 0.643. The van der Waals surface area contributed by atoms with E-state index in [0.717, 1.165) is 24.2 Å². The maximum atomic E-state index is 13.3. The molecule has 2 aliphatic rings. The third-order valence-corrected chi connectivity index (χ3v) is 6.32. The highest BCUT2D eigenvalue weighted by molar-refractivity contribution is 5.08. The van der Waals surface area contributed by atoms with Gasteiger partial charge < -0.3 is 0 Å². The van der Waals surface area contributed by atoms with Gasteiger partial charge in [0.15, 0.2) is 0 Å². The molecule has 1 saturated heterocycles. The largest absolute Gasteiger partial charge is 0.295 e. The maximum absolute atomic E-state index is 13.3. The van der Waals surface area contributed by atoms with Crippen molar-refractivity contribution in [1.29, 1.82) is 0 Å². The fourth-order valence-electron chi connectivity index (χ4n) is 5.49. The number of hydrogen-bond acceptors (Lipinski definition) is 1. The second-order valence-electron chi connectivity index (χ2n) is 8.39. The van der Waals surface area contributed by atoms with Gasteiger partial charge in [0.25, 0.3) is 0 Å². The molecule has 1 spiro atoms. The molecular weight excluding hydrogens is 261 g/mol. The van der Waals surface area contributed by atoms with Crippen LogP contribution in [0.4, 0.5) is 4.39 Å². The Kier molecular flexibility index (Phi) is 5.73. The van der Waals surface area contributed by atoms with Crippen LogP contribution < -0.4 is 0 Å². The summed E-state index contributed by atoms with van der Waals surface area (Å²) in [5.74, 6) is 2.82. The summed E-state index contributed by atoms with van der Waals surface area (Å²) < 4.78 is 13.3. The van der Waals surface area contributed by atoms with Gasteiger partial charge in [0.1, 0.15) is 0 Å². The fraction of sp³-hybridized carbons (Fsp3) is 1.00. The molecule has 1 nitrogen and oxygen atoms in total. The number of piperidine rings is 1. The maximum Gasteiger partial charge on any atom is 0.0897 e. The lowest BCUT2D eigenvalue weighted by Gasteiger charge is -2.62. The zero-order valence-electron chi connectivity index (χ0n) is 14.9. The van der Waals surface area contributed by atoms with E-state index in [4.69, 9.17) is 0 Å². The van der Waals surface area contributed by atoms with Crippen molar-refractivity contribution >= 4 is 0 Å². The second-order valence-corrected chi connectivity index (χ2v) is 8.39. The molecule has 2 fully saturated rings. The SMILES string of the molecule is CC(C)CC(C)C1CCN(C(C)C)C2(CCC2)C1CCF. The first kappa shape index (κ1) is 17.2. The molecule has 0 amide bonds. The summed E-state index contributed by atoms with van der Waals surface area (Å²) >= 11 is 0. The smallest absolute Gasteiger partial charge is 0.0897 e. The number of halogens is 1. The minimum atomic E-state index is -0.136. The molecule has 0 N–H and O–H groups in total. The van der Waals surface area contributed by atoms with E-state index in [-0.39, 0.29) is 6.67 Å². The van der Waals surface area contributed by atoms with Gasteiger partial charge >= 0.3 is 0 Å². The van der Waals surface area contributed by atoms with Crippen LogP contribution in [0.2, 0.25) is 0 Å². The molecule has 1 saturated carbocycles. The summed E-state index contributed by atoms with van der Waals surface area (Å²) in [5, 5.41) is 0. The monoisotopic (exact) mass is 297 g/mol. The van der Waals surface area contributed by atoms with Crippen molar-refractivity contribution in [2.75, 3.05) is 13.2 Å². The summed E-state index contributed by atoms with van der Waals surface area (Å²) in [4.78, 5) is 2.73. The van der Waals surface area contributed by atoms with E-state index in [9.17, 15) is 4.39 Å². The Labute approximate surface area is 131 Å². The minimum Gasteiger partial charge on any atom is -0.295 e. The predicted octanol–water partition coefficient (Wildman–Crippen LogP) is 5.30. The number of hydrogen-bond donors (Lipinski definition) is 0. The summed E-state index contributed by atoms with van der Waals surface area (Å²) in [6.07, 6.45) is 7.32. The lowest BCUT2D eigenvalue weighted by atomic mass is 9.56. The van der Waals surface area contributed by atoms with Gasteiger partial charge in [0.05, 0.1) is 6.67 Å². The van der Waals surface area contributed by atoms with E-state index in [1.165, 1.54) is 38.6 Å².